The number of amides is 2. The molecule has 0 spiro atoms. The van der Waals surface area contributed by atoms with Gasteiger partial charge in [0.1, 0.15) is 0 Å². The maximum absolute atomic E-state index is 13.5. The van der Waals surface area contributed by atoms with Crippen molar-refractivity contribution in [2.24, 2.45) is 5.92 Å². The molecule has 2 aliphatic rings. The fraction of sp³-hybridized carbons (Fsp3) is 0.512. The molecule has 53 heavy (non-hydrogen) atoms. The summed E-state index contributed by atoms with van der Waals surface area (Å²) in [5.74, 6) is 1.86. The first-order valence-corrected chi connectivity index (χ1v) is 20.8. The second kappa shape index (κ2) is 19.1. The maximum atomic E-state index is 13.5. The van der Waals surface area contributed by atoms with Crippen molar-refractivity contribution in [2.45, 2.75) is 117 Å². The first-order valence-electron chi connectivity index (χ1n) is 18.8. The van der Waals surface area contributed by atoms with Gasteiger partial charge in [0.05, 0.1) is 0 Å². The molecule has 1 saturated heterocycles. The standard InChI is InChI=1S/C27H39N2.C16H19NO4.2ClH.Ru/c1-18(2)22-11-9-12-23(19(3)4)26(22)28-15-16-29(17-28)27-24(20(5)6)13-10-14-25(27)21(7)8;1-5-13-15(18)17(16(19)20-9-10(2)3)12-8-6-7-11(4)14(12)21-13;;;/h9-14,17-21H,15-16H2,1-8H3;4,6-8,10,13H,5,9H2,1-3H3;2*1H;/q;;;;+2/p-2. The van der Waals surface area contributed by atoms with E-state index >= 15 is 0 Å². The summed E-state index contributed by atoms with van der Waals surface area (Å²) in [6.07, 6.45) is -0.952. The van der Waals surface area contributed by atoms with E-state index in [4.69, 9.17) is 9.47 Å². The quantitative estimate of drug-likeness (QED) is 0.272. The second-order valence-corrected chi connectivity index (χ2v) is 17.4. The molecular formula is C43H58Cl2N3O4Ru. The fourth-order valence-corrected chi connectivity index (χ4v) is 9.57. The predicted molar refractivity (Wildman–Crippen MR) is 208 cm³/mol. The molecule has 0 bridgehead atoms. The van der Waals surface area contributed by atoms with Crippen LogP contribution in [0.1, 0.15) is 134 Å². The maximum Gasteiger partial charge on any atom is -1.00 e. The van der Waals surface area contributed by atoms with Gasteiger partial charge in [0, 0.05) is 0 Å². The van der Waals surface area contributed by atoms with Crippen molar-refractivity contribution in [3.05, 3.63) is 82.4 Å². The number of imide groups is 1. The zero-order valence-corrected chi connectivity index (χ0v) is 36.5. The summed E-state index contributed by atoms with van der Waals surface area (Å²) in [5, 5.41) is 0. The van der Waals surface area contributed by atoms with Crippen molar-refractivity contribution in [2.75, 3.05) is 34.4 Å². The van der Waals surface area contributed by atoms with Crippen LogP contribution in [0.25, 0.3) is 0 Å². The van der Waals surface area contributed by atoms with Crippen molar-refractivity contribution in [3.63, 3.8) is 0 Å². The number of hydrogen-bond donors (Lipinski definition) is 0. The predicted octanol–water partition coefficient (Wildman–Crippen LogP) is 4.03. The number of nitrogens with zero attached hydrogens (tertiary/aromatic N) is 3. The van der Waals surface area contributed by atoms with E-state index in [1.54, 1.807) is 6.07 Å². The van der Waals surface area contributed by atoms with E-state index in [0.717, 1.165) is 18.7 Å². The molecule has 3 aromatic carbocycles. The van der Waals surface area contributed by atoms with Crippen molar-refractivity contribution in [1.82, 2.24) is 0 Å². The Morgan fingerprint density at radius 1 is 0.774 bits per heavy atom. The third kappa shape index (κ3) is 9.31. The van der Waals surface area contributed by atoms with Gasteiger partial charge in [-0.25, -0.2) is 0 Å². The first kappa shape index (κ1) is 44.5. The van der Waals surface area contributed by atoms with Crippen molar-refractivity contribution < 1.29 is 60.6 Å². The molecule has 1 atom stereocenters. The van der Waals surface area contributed by atoms with Gasteiger partial charge >= 0.3 is 315 Å². The third-order valence-corrected chi connectivity index (χ3v) is 12.2. The molecule has 1 fully saturated rings. The number of para-hydroxylation sites is 3. The van der Waals surface area contributed by atoms with Crippen LogP contribution >= 0.6 is 0 Å². The number of rotatable bonds is 11. The number of benzene rings is 3. The summed E-state index contributed by atoms with van der Waals surface area (Å²) in [6, 6.07) is 19.4. The van der Waals surface area contributed by atoms with Crippen LogP contribution in [0, 0.1) is 5.92 Å². The van der Waals surface area contributed by atoms with Crippen LogP contribution in [-0.2, 0) is 26.2 Å². The molecule has 5 rings (SSSR count). The molecule has 1 unspecified atom stereocenters. The van der Waals surface area contributed by atoms with E-state index in [9.17, 15) is 9.59 Å². The normalized spacial score (nSPS) is 16.2. The van der Waals surface area contributed by atoms with Crippen LogP contribution in [0.2, 0.25) is 0 Å². The Morgan fingerprint density at radius 2 is 1.23 bits per heavy atom. The molecule has 0 radical (unpaired) electrons. The summed E-state index contributed by atoms with van der Waals surface area (Å²) in [6.45, 7) is 26.4. The smallest absolute Gasteiger partial charge is 1.00 e. The van der Waals surface area contributed by atoms with Gasteiger partial charge in [-0.1, -0.05) is 0 Å². The number of anilines is 3. The van der Waals surface area contributed by atoms with Crippen molar-refractivity contribution in [1.29, 1.82) is 0 Å². The second-order valence-electron chi connectivity index (χ2n) is 15.4. The Labute approximate surface area is 338 Å². The molecule has 2 heterocycles. The molecule has 0 N–H and O–H groups in total. The molecule has 3 aromatic rings. The van der Waals surface area contributed by atoms with Gasteiger partial charge in [0.2, 0.25) is 0 Å². The SMILES string of the molecule is CCC1Oc2c(/[CH]=[Ru+2]/[CH]3N(c4c(C(C)C)cccc4C(C)C)CCN3c3c(C(C)C)cccc3C(C)C)cccc2N(C(=O)OCC(C)C)C1=O.[Cl-].[Cl-]. The minimum Gasteiger partial charge on any atom is -1.00 e. The minimum atomic E-state index is -0.757. The molecule has 7 nitrogen and oxygen atoms in total. The molecule has 10 heteroatoms. The zero-order chi connectivity index (χ0) is 37.1. The molecule has 2 amide bonds. The number of carbonyl (C=O) groups excluding carboxylic acids is 2. The Kier molecular flexibility index (Phi) is 16.0. The summed E-state index contributed by atoms with van der Waals surface area (Å²) in [5.41, 5.74) is 9.64. The van der Waals surface area contributed by atoms with Crippen LogP contribution in [0.4, 0.5) is 21.9 Å². The van der Waals surface area contributed by atoms with E-state index < -0.39 is 28.9 Å². The van der Waals surface area contributed by atoms with Crippen molar-refractivity contribution in [3.8, 4) is 5.75 Å². The average molecular weight is 853 g/mol. The van der Waals surface area contributed by atoms with Gasteiger partial charge in [-0.3, -0.25) is 0 Å². The average Bonchev–Trinajstić information content (AvgIpc) is 3.51. The van der Waals surface area contributed by atoms with Crippen LogP contribution in [0.3, 0.4) is 0 Å². The van der Waals surface area contributed by atoms with E-state index in [-0.39, 0.29) is 48.0 Å². The zero-order valence-electron chi connectivity index (χ0n) is 33.2. The van der Waals surface area contributed by atoms with Gasteiger partial charge < -0.3 is 24.8 Å². The van der Waals surface area contributed by atoms with E-state index in [1.165, 1.54) is 38.5 Å². The van der Waals surface area contributed by atoms with Crippen molar-refractivity contribution >= 4 is 33.7 Å². The fourth-order valence-electron chi connectivity index (χ4n) is 7.08. The Hall–Kier alpha value is -2.93. The number of ether oxygens (including phenoxy) is 2. The van der Waals surface area contributed by atoms with E-state index in [1.807, 2.05) is 26.8 Å². The molecule has 0 aromatic heterocycles. The summed E-state index contributed by atoms with van der Waals surface area (Å²) < 4.78 is 14.5. The topological polar surface area (TPSA) is 62.3 Å². The number of carbonyl (C=O) groups is 2. The van der Waals surface area contributed by atoms with Gasteiger partial charge in [-0.2, -0.15) is 0 Å². The Bertz CT molecular complexity index is 1640. The summed E-state index contributed by atoms with van der Waals surface area (Å²) in [7, 11) is 0. The third-order valence-electron chi connectivity index (χ3n) is 9.73. The van der Waals surface area contributed by atoms with Gasteiger partial charge in [0.25, 0.3) is 0 Å². The van der Waals surface area contributed by atoms with Gasteiger partial charge in [-0.05, 0) is 0 Å². The van der Waals surface area contributed by atoms with E-state index in [2.05, 4.69) is 112 Å². The molecular weight excluding hydrogens is 794 g/mol. The van der Waals surface area contributed by atoms with Crippen LogP contribution in [-0.4, -0.2) is 47.2 Å². The van der Waals surface area contributed by atoms with Gasteiger partial charge in [-0.15, -0.1) is 0 Å². The largest absolute Gasteiger partial charge is 1.00 e. The van der Waals surface area contributed by atoms with Crippen LogP contribution < -0.4 is 44.3 Å². The summed E-state index contributed by atoms with van der Waals surface area (Å²) >= 11 is -0.433. The minimum absolute atomic E-state index is 0. The molecule has 291 valence electrons. The number of fused-ring (bicyclic) bond motifs is 1. The molecule has 2 aliphatic heterocycles. The Morgan fingerprint density at radius 3 is 1.64 bits per heavy atom. The molecule has 0 saturated carbocycles. The number of hydrogen-bond acceptors (Lipinski definition) is 6. The van der Waals surface area contributed by atoms with Gasteiger partial charge in [0.15, 0.2) is 0 Å². The first-order chi connectivity index (χ1) is 24.3. The number of halogens is 2. The Balaban J connectivity index is 0.00000378. The molecule has 0 aliphatic carbocycles. The summed E-state index contributed by atoms with van der Waals surface area (Å²) in [4.78, 5) is 33.4. The van der Waals surface area contributed by atoms with Crippen LogP contribution in [0.5, 0.6) is 5.75 Å². The van der Waals surface area contributed by atoms with E-state index in [0.29, 0.717) is 41.5 Å². The van der Waals surface area contributed by atoms with Crippen LogP contribution in [0.15, 0.2) is 54.6 Å². The monoisotopic (exact) mass is 852 g/mol.